The van der Waals surface area contributed by atoms with Gasteiger partial charge in [0, 0.05) is 0 Å². The molecule has 3 N–H and O–H groups in total. The maximum atomic E-state index is 10.4. The van der Waals surface area contributed by atoms with Crippen molar-refractivity contribution in [3.8, 4) is 0 Å². The lowest BCUT2D eigenvalue weighted by Crippen LogP contribution is -2.32. The number of aliphatic carboxylic acids is 1. The number of carboxylic acids is 1. The Kier molecular flexibility index (Phi) is 6.79. The van der Waals surface area contributed by atoms with E-state index < -0.39 is 12.0 Å². The highest BCUT2D eigenvalue weighted by Gasteiger charge is 2.10. The van der Waals surface area contributed by atoms with Crippen LogP contribution in [0.5, 0.6) is 0 Å². The highest BCUT2D eigenvalue weighted by atomic mass is 16.4. The first-order valence-corrected chi connectivity index (χ1v) is 4.93. The molecule has 0 bridgehead atoms. The molecule has 0 aromatic heterocycles. The Labute approximate surface area is 95.1 Å². The van der Waals surface area contributed by atoms with Crippen molar-refractivity contribution in [2.24, 2.45) is 5.73 Å². The van der Waals surface area contributed by atoms with Crippen LogP contribution in [0.1, 0.15) is 19.4 Å². The smallest absolute Gasteiger partial charge is 0.320 e. The van der Waals surface area contributed by atoms with Crippen LogP contribution in [0.3, 0.4) is 0 Å². The standard InChI is InChI=1S/C9H11NO2.C3H6O/c10-8(9(11)12)6-7-4-2-1-3-5-7;1-3(2)4/h1-5,8H,6,10H2,(H,11,12);1-2H3. The second-order valence-corrected chi connectivity index (χ2v) is 3.54. The van der Waals surface area contributed by atoms with E-state index in [1.165, 1.54) is 13.8 Å². The summed E-state index contributed by atoms with van der Waals surface area (Å²) in [5.74, 6) is -0.793. The highest BCUT2D eigenvalue weighted by Crippen LogP contribution is 2.01. The molecule has 0 spiro atoms. The minimum Gasteiger partial charge on any atom is -0.480 e. The van der Waals surface area contributed by atoms with Gasteiger partial charge >= 0.3 is 5.97 Å². The molecule has 0 saturated carbocycles. The van der Waals surface area contributed by atoms with E-state index in [0.29, 0.717) is 6.42 Å². The minimum absolute atomic E-state index is 0.167. The molecule has 0 aliphatic carbocycles. The van der Waals surface area contributed by atoms with Crippen molar-refractivity contribution in [1.82, 2.24) is 0 Å². The number of benzene rings is 1. The molecule has 1 rings (SSSR count). The minimum atomic E-state index is -0.959. The summed E-state index contributed by atoms with van der Waals surface area (Å²) in [6, 6.07) is 8.54. The maximum absolute atomic E-state index is 10.4. The maximum Gasteiger partial charge on any atom is 0.320 e. The highest BCUT2D eigenvalue weighted by molar-refractivity contribution is 5.73. The summed E-state index contributed by atoms with van der Waals surface area (Å²) < 4.78 is 0. The van der Waals surface area contributed by atoms with Crippen molar-refractivity contribution in [3.05, 3.63) is 35.9 Å². The average molecular weight is 223 g/mol. The third-order valence-corrected chi connectivity index (χ3v) is 1.62. The molecule has 0 fully saturated rings. The fourth-order valence-corrected chi connectivity index (χ4v) is 0.955. The SMILES string of the molecule is CC(C)=O.NC(Cc1ccccc1)C(=O)O. The predicted molar refractivity (Wildman–Crippen MR) is 62.1 cm³/mol. The number of carboxylic acid groups (broad SMARTS) is 1. The molecule has 0 aliphatic heterocycles. The van der Waals surface area contributed by atoms with E-state index in [9.17, 15) is 9.59 Å². The van der Waals surface area contributed by atoms with Crippen molar-refractivity contribution in [3.63, 3.8) is 0 Å². The number of carbonyl (C=O) groups is 2. The Balaban J connectivity index is 0.000000487. The molecule has 4 heteroatoms. The Bertz CT molecular complexity index is 331. The molecule has 0 radical (unpaired) electrons. The van der Waals surface area contributed by atoms with Gasteiger partial charge in [-0.2, -0.15) is 0 Å². The molecule has 0 saturated heterocycles. The molecule has 1 aromatic carbocycles. The first-order valence-electron chi connectivity index (χ1n) is 4.93. The van der Waals surface area contributed by atoms with Crippen molar-refractivity contribution in [1.29, 1.82) is 0 Å². The second-order valence-electron chi connectivity index (χ2n) is 3.54. The molecular weight excluding hydrogens is 206 g/mol. The van der Waals surface area contributed by atoms with Crippen molar-refractivity contribution in [2.75, 3.05) is 0 Å². The molecule has 0 heterocycles. The Morgan fingerprint density at radius 3 is 2.06 bits per heavy atom. The molecule has 0 amide bonds. The fourth-order valence-electron chi connectivity index (χ4n) is 0.955. The number of nitrogens with two attached hydrogens (primary N) is 1. The fraction of sp³-hybridized carbons (Fsp3) is 0.333. The van der Waals surface area contributed by atoms with Gasteiger partial charge in [0.05, 0.1) is 0 Å². The van der Waals surface area contributed by atoms with Crippen LogP contribution in [-0.4, -0.2) is 22.9 Å². The van der Waals surface area contributed by atoms with Gasteiger partial charge in [0.15, 0.2) is 0 Å². The molecule has 4 nitrogen and oxygen atoms in total. The molecule has 16 heavy (non-hydrogen) atoms. The monoisotopic (exact) mass is 223 g/mol. The zero-order chi connectivity index (χ0) is 12.6. The van der Waals surface area contributed by atoms with E-state index in [0.717, 1.165) is 5.56 Å². The summed E-state index contributed by atoms with van der Waals surface area (Å²) in [5.41, 5.74) is 6.30. The van der Waals surface area contributed by atoms with Gasteiger partial charge in [0.1, 0.15) is 11.8 Å². The van der Waals surface area contributed by atoms with Crippen LogP contribution in [0.2, 0.25) is 0 Å². The summed E-state index contributed by atoms with van der Waals surface area (Å²) >= 11 is 0. The zero-order valence-corrected chi connectivity index (χ0v) is 9.51. The summed E-state index contributed by atoms with van der Waals surface area (Å²) in [7, 11) is 0. The van der Waals surface area contributed by atoms with Crippen LogP contribution >= 0.6 is 0 Å². The quantitative estimate of drug-likeness (QED) is 0.807. The molecule has 88 valence electrons. The van der Waals surface area contributed by atoms with Crippen molar-refractivity contribution < 1.29 is 14.7 Å². The largest absolute Gasteiger partial charge is 0.480 e. The van der Waals surface area contributed by atoms with E-state index in [1.54, 1.807) is 0 Å². The van der Waals surface area contributed by atoms with Crippen LogP contribution in [-0.2, 0) is 16.0 Å². The number of carbonyl (C=O) groups excluding carboxylic acids is 1. The molecular formula is C12H17NO3. The van der Waals surface area contributed by atoms with Crippen molar-refractivity contribution >= 4 is 11.8 Å². The second kappa shape index (κ2) is 7.59. The lowest BCUT2D eigenvalue weighted by atomic mass is 10.1. The van der Waals surface area contributed by atoms with Gasteiger partial charge in [-0.25, -0.2) is 0 Å². The summed E-state index contributed by atoms with van der Waals surface area (Å²) in [4.78, 5) is 19.8. The van der Waals surface area contributed by atoms with Gasteiger partial charge in [-0.1, -0.05) is 30.3 Å². The Morgan fingerprint density at radius 2 is 1.69 bits per heavy atom. The van der Waals surface area contributed by atoms with Crippen LogP contribution < -0.4 is 5.73 Å². The summed E-state index contributed by atoms with van der Waals surface area (Å²) in [6.45, 7) is 3.06. The molecule has 1 aromatic rings. The van der Waals surface area contributed by atoms with Gasteiger partial charge in [0.25, 0.3) is 0 Å². The lowest BCUT2D eigenvalue weighted by molar-refractivity contribution is -0.138. The van der Waals surface area contributed by atoms with Gasteiger partial charge in [-0.3, -0.25) is 4.79 Å². The number of hydrogen-bond donors (Lipinski definition) is 2. The first-order chi connectivity index (χ1) is 7.43. The Hall–Kier alpha value is -1.68. The summed E-state index contributed by atoms with van der Waals surface area (Å²) in [5, 5.41) is 8.52. The third kappa shape index (κ3) is 7.70. The van der Waals surface area contributed by atoms with Gasteiger partial charge < -0.3 is 15.6 Å². The summed E-state index contributed by atoms with van der Waals surface area (Å²) in [6.07, 6.45) is 0.385. The topological polar surface area (TPSA) is 80.4 Å². The normalized spacial score (nSPS) is 10.9. The number of Topliss-reactive ketones (excluding diaryl/α,β-unsaturated/α-hetero) is 1. The van der Waals surface area contributed by atoms with Crippen LogP contribution in [0, 0.1) is 0 Å². The number of ketones is 1. The number of hydrogen-bond acceptors (Lipinski definition) is 3. The predicted octanol–water partition coefficient (Wildman–Crippen LogP) is 1.24. The van der Waals surface area contributed by atoms with E-state index in [-0.39, 0.29) is 5.78 Å². The van der Waals surface area contributed by atoms with Crippen LogP contribution in [0.15, 0.2) is 30.3 Å². The average Bonchev–Trinajstić information content (AvgIpc) is 2.18. The Morgan fingerprint density at radius 1 is 1.25 bits per heavy atom. The van der Waals surface area contributed by atoms with Crippen LogP contribution in [0.4, 0.5) is 0 Å². The molecule has 0 aliphatic rings. The van der Waals surface area contributed by atoms with E-state index in [2.05, 4.69) is 0 Å². The first kappa shape index (κ1) is 14.3. The van der Waals surface area contributed by atoms with E-state index in [4.69, 9.17) is 10.8 Å². The van der Waals surface area contributed by atoms with Crippen LogP contribution in [0.25, 0.3) is 0 Å². The van der Waals surface area contributed by atoms with E-state index >= 15 is 0 Å². The third-order valence-electron chi connectivity index (χ3n) is 1.62. The molecule has 1 unspecified atom stereocenters. The number of rotatable bonds is 3. The van der Waals surface area contributed by atoms with E-state index in [1.807, 2.05) is 30.3 Å². The van der Waals surface area contributed by atoms with Gasteiger partial charge in [-0.05, 0) is 25.8 Å². The lowest BCUT2D eigenvalue weighted by Gasteiger charge is -2.04. The van der Waals surface area contributed by atoms with Crippen molar-refractivity contribution in [2.45, 2.75) is 26.3 Å². The zero-order valence-electron chi connectivity index (χ0n) is 9.51. The van der Waals surface area contributed by atoms with Gasteiger partial charge in [-0.15, -0.1) is 0 Å². The molecule has 1 atom stereocenters. The van der Waals surface area contributed by atoms with Gasteiger partial charge in [0.2, 0.25) is 0 Å².